The zero-order chi connectivity index (χ0) is 19.6. The maximum atomic E-state index is 12.5. The smallest absolute Gasteiger partial charge is 0.335 e. The number of hydrogen-bond acceptors (Lipinski definition) is 3. The van der Waals surface area contributed by atoms with Crippen LogP contribution in [0.5, 0.6) is 0 Å². The number of hydrogen-bond donors (Lipinski definition) is 2. The van der Waals surface area contributed by atoms with Crippen molar-refractivity contribution in [1.29, 1.82) is 0 Å². The van der Waals surface area contributed by atoms with Gasteiger partial charge in [0, 0.05) is 6.04 Å². The second-order valence-corrected chi connectivity index (χ2v) is 6.85. The summed E-state index contributed by atoms with van der Waals surface area (Å²) in [6, 6.07) is 14.3. The van der Waals surface area contributed by atoms with Crippen LogP contribution in [0, 0.1) is 0 Å². The Morgan fingerprint density at radius 1 is 1.07 bits per heavy atom. The van der Waals surface area contributed by atoms with Crippen LogP contribution in [0.4, 0.5) is 0 Å². The number of fused-ring (bicyclic) bond motifs is 1. The molecule has 0 radical (unpaired) electrons. The number of imidazole rings is 1. The van der Waals surface area contributed by atoms with Crippen molar-refractivity contribution in [2.45, 2.75) is 39.3 Å². The van der Waals surface area contributed by atoms with Crippen molar-refractivity contribution in [2.75, 3.05) is 0 Å². The summed E-state index contributed by atoms with van der Waals surface area (Å²) in [5.41, 5.74) is 2.56. The second kappa shape index (κ2) is 7.61. The van der Waals surface area contributed by atoms with Gasteiger partial charge in [-0.1, -0.05) is 30.3 Å². The van der Waals surface area contributed by atoms with Crippen molar-refractivity contribution in [1.82, 2.24) is 14.9 Å². The molecule has 6 heteroatoms. The molecule has 0 aliphatic heterocycles. The van der Waals surface area contributed by atoms with Crippen LogP contribution in [-0.4, -0.2) is 26.5 Å². The molecule has 27 heavy (non-hydrogen) atoms. The fraction of sp³-hybridized carbons (Fsp3) is 0.286. The molecular weight excluding hydrogens is 342 g/mol. The molecule has 0 spiro atoms. The largest absolute Gasteiger partial charge is 0.478 e. The highest BCUT2D eigenvalue weighted by Crippen LogP contribution is 2.25. The number of aromatic carboxylic acids is 1. The maximum Gasteiger partial charge on any atom is 0.335 e. The highest BCUT2D eigenvalue weighted by Gasteiger charge is 2.20. The van der Waals surface area contributed by atoms with Gasteiger partial charge in [0.2, 0.25) is 5.91 Å². The van der Waals surface area contributed by atoms with E-state index in [-0.39, 0.29) is 30.0 Å². The molecule has 0 bridgehead atoms. The molecule has 6 nitrogen and oxygen atoms in total. The standard InChI is InChI=1S/C21H23N3O3/c1-13(2)24-18-11-7-6-10-17(18)23-20(24)14(3)22-19(25)12-15-8-4-5-9-16(15)21(26)27/h4-11,13-14H,12H2,1-3H3,(H,22,25)(H,26,27). The molecule has 3 aromatic rings. The fourth-order valence-electron chi connectivity index (χ4n) is 3.32. The Morgan fingerprint density at radius 3 is 2.44 bits per heavy atom. The van der Waals surface area contributed by atoms with Gasteiger partial charge in [0.25, 0.3) is 0 Å². The van der Waals surface area contributed by atoms with Crippen LogP contribution >= 0.6 is 0 Å². The second-order valence-electron chi connectivity index (χ2n) is 6.85. The minimum Gasteiger partial charge on any atom is -0.478 e. The Hall–Kier alpha value is -3.15. The van der Waals surface area contributed by atoms with E-state index < -0.39 is 5.97 Å². The Labute approximate surface area is 157 Å². The number of rotatable bonds is 6. The number of amides is 1. The van der Waals surface area contributed by atoms with E-state index in [0.29, 0.717) is 5.56 Å². The van der Waals surface area contributed by atoms with Crippen molar-refractivity contribution in [3.8, 4) is 0 Å². The highest BCUT2D eigenvalue weighted by molar-refractivity contribution is 5.91. The number of carbonyl (C=O) groups excluding carboxylic acids is 1. The van der Waals surface area contributed by atoms with Crippen LogP contribution in [0.1, 0.15) is 54.6 Å². The van der Waals surface area contributed by atoms with E-state index in [1.807, 2.05) is 31.2 Å². The number of carbonyl (C=O) groups is 2. The van der Waals surface area contributed by atoms with E-state index in [9.17, 15) is 14.7 Å². The van der Waals surface area contributed by atoms with Gasteiger partial charge in [-0.3, -0.25) is 4.79 Å². The molecule has 0 fully saturated rings. The SMILES string of the molecule is CC(NC(=O)Cc1ccccc1C(=O)O)c1nc2ccccc2n1C(C)C. The van der Waals surface area contributed by atoms with Gasteiger partial charge in [0.05, 0.1) is 29.1 Å². The Balaban J connectivity index is 1.83. The molecule has 2 N–H and O–H groups in total. The van der Waals surface area contributed by atoms with Gasteiger partial charge in [-0.2, -0.15) is 0 Å². The molecule has 0 aliphatic rings. The zero-order valence-corrected chi connectivity index (χ0v) is 15.6. The first-order valence-electron chi connectivity index (χ1n) is 8.96. The lowest BCUT2D eigenvalue weighted by Crippen LogP contribution is -2.30. The predicted molar refractivity (Wildman–Crippen MR) is 104 cm³/mol. The third-order valence-electron chi connectivity index (χ3n) is 4.50. The molecule has 1 heterocycles. The summed E-state index contributed by atoms with van der Waals surface area (Å²) >= 11 is 0. The minimum absolute atomic E-state index is 0.00865. The fourth-order valence-corrected chi connectivity index (χ4v) is 3.32. The molecule has 0 saturated heterocycles. The summed E-state index contributed by atoms with van der Waals surface area (Å²) in [5.74, 6) is -0.488. The van der Waals surface area contributed by atoms with Crippen molar-refractivity contribution < 1.29 is 14.7 Å². The van der Waals surface area contributed by atoms with Crippen LogP contribution in [0.25, 0.3) is 11.0 Å². The summed E-state index contributed by atoms with van der Waals surface area (Å²) in [6.07, 6.45) is 0.00865. The van der Waals surface area contributed by atoms with E-state index in [2.05, 4.69) is 23.7 Å². The average molecular weight is 365 g/mol. The third kappa shape index (κ3) is 3.84. The van der Waals surface area contributed by atoms with Crippen LogP contribution < -0.4 is 5.32 Å². The van der Waals surface area contributed by atoms with E-state index in [1.165, 1.54) is 6.07 Å². The van der Waals surface area contributed by atoms with Crippen molar-refractivity contribution in [2.24, 2.45) is 0 Å². The molecule has 0 aliphatic carbocycles. The Morgan fingerprint density at radius 2 is 1.74 bits per heavy atom. The normalized spacial score (nSPS) is 12.3. The van der Waals surface area contributed by atoms with Gasteiger partial charge in [-0.15, -0.1) is 0 Å². The molecule has 2 aromatic carbocycles. The monoisotopic (exact) mass is 365 g/mol. The quantitative estimate of drug-likeness (QED) is 0.697. The number of carboxylic acid groups (broad SMARTS) is 1. The van der Waals surface area contributed by atoms with Crippen LogP contribution in [0.3, 0.4) is 0 Å². The lowest BCUT2D eigenvalue weighted by molar-refractivity contribution is -0.121. The Kier molecular flexibility index (Phi) is 5.26. The topological polar surface area (TPSA) is 84.2 Å². The van der Waals surface area contributed by atoms with Gasteiger partial charge in [0.15, 0.2) is 0 Å². The molecule has 1 unspecified atom stereocenters. The average Bonchev–Trinajstić information content (AvgIpc) is 3.01. The van der Waals surface area contributed by atoms with E-state index in [1.54, 1.807) is 18.2 Å². The van der Waals surface area contributed by atoms with E-state index in [4.69, 9.17) is 4.98 Å². The molecule has 140 valence electrons. The summed E-state index contributed by atoms with van der Waals surface area (Å²) in [7, 11) is 0. The number of nitrogens with zero attached hydrogens (tertiary/aromatic N) is 2. The summed E-state index contributed by atoms with van der Waals surface area (Å²) in [6.45, 7) is 6.05. The number of benzene rings is 2. The van der Waals surface area contributed by atoms with Crippen molar-refractivity contribution in [3.63, 3.8) is 0 Å². The first-order chi connectivity index (χ1) is 12.9. The summed E-state index contributed by atoms with van der Waals surface area (Å²) in [5, 5.41) is 12.2. The first-order valence-corrected chi connectivity index (χ1v) is 8.96. The van der Waals surface area contributed by atoms with E-state index in [0.717, 1.165) is 16.9 Å². The van der Waals surface area contributed by atoms with Gasteiger partial charge in [-0.05, 0) is 44.5 Å². The van der Waals surface area contributed by atoms with Gasteiger partial charge in [0.1, 0.15) is 5.82 Å². The maximum absolute atomic E-state index is 12.5. The van der Waals surface area contributed by atoms with Gasteiger partial charge >= 0.3 is 5.97 Å². The predicted octanol–water partition coefficient (Wildman–Crippen LogP) is 3.74. The lowest BCUT2D eigenvalue weighted by atomic mass is 10.0. The Bertz CT molecular complexity index is 991. The van der Waals surface area contributed by atoms with Gasteiger partial charge in [-0.25, -0.2) is 9.78 Å². The van der Waals surface area contributed by atoms with Crippen LogP contribution in [-0.2, 0) is 11.2 Å². The molecule has 1 aromatic heterocycles. The molecule has 0 saturated carbocycles. The van der Waals surface area contributed by atoms with Gasteiger partial charge < -0.3 is 15.0 Å². The summed E-state index contributed by atoms with van der Waals surface area (Å²) < 4.78 is 2.12. The number of carboxylic acids is 1. The number of para-hydroxylation sites is 2. The minimum atomic E-state index is -1.03. The lowest BCUT2D eigenvalue weighted by Gasteiger charge is -2.19. The number of nitrogens with one attached hydrogen (secondary N) is 1. The summed E-state index contributed by atoms with van der Waals surface area (Å²) in [4.78, 5) is 28.5. The molecule has 3 rings (SSSR count). The molecule has 1 atom stereocenters. The first kappa shape index (κ1) is 18.6. The van der Waals surface area contributed by atoms with Crippen LogP contribution in [0.2, 0.25) is 0 Å². The zero-order valence-electron chi connectivity index (χ0n) is 15.6. The van der Waals surface area contributed by atoms with Crippen molar-refractivity contribution >= 4 is 22.9 Å². The number of aromatic nitrogens is 2. The third-order valence-corrected chi connectivity index (χ3v) is 4.50. The highest BCUT2D eigenvalue weighted by atomic mass is 16.4. The van der Waals surface area contributed by atoms with E-state index >= 15 is 0 Å². The van der Waals surface area contributed by atoms with Crippen molar-refractivity contribution in [3.05, 3.63) is 65.5 Å². The molecule has 1 amide bonds. The molecular formula is C21H23N3O3. The van der Waals surface area contributed by atoms with Crippen LogP contribution in [0.15, 0.2) is 48.5 Å².